The molecule has 2 nitrogen and oxygen atoms in total. The monoisotopic (exact) mass is 195 g/mol. The zero-order chi connectivity index (χ0) is 9.26. The number of rotatable bonds is 2. The van der Waals surface area contributed by atoms with Crippen LogP contribution >= 0.6 is 11.8 Å². The number of fused-ring (bicyclic) bond motifs is 1. The molecule has 13 heavy (non-hydrogen) atoms. The summed E-state index contributed by atoms with van der Waals surface area (Å²) in [6, 6.07) is 6.45. The van der Waals surface area contributed by atoms with E-state index in [2.05, 4.69) is 30.0 Å². The number of benzene rings is 1. The van der Waals surface area contributed by atoms with Gasteiger partial charge < -0.3 is 0 Å². The Balaban J connectivity index is 2.31. The van der Waals surface area contributed by atoms with E-state index in [1.54, 1.807) is 0 Å². The molecule has 2 rings (SSSR count). The van der Waals surface area contributed by atoms with Crippen molar-refractivity contribution in [3.63, 3.8) is 0 Å². The summed E-state index contributed by atoms with van der Waals surface area (Å²) in [6.45, 7) is 2.76. The van der Waals surface area contributed by atoms with Gasteiger partial charge >= 0.3 is 0 Å². The van der Waals surface area contributed by atoms with Crippen LogP contribution < -0.4 is 5.90 Å². The van der Waals surface area contributed by atoms with Crippen LogP contribution in [-0.4, -0.2) is 5.75 Å². The van der Waals surface area contributed by atoms with E-state index < -0.39 is 0 Å². The molecule has 70 valence electrons. The molecule has 1 aliphatic rings. The summed E-state index contributed by atoms with van der Waals surface area (Å²) in [7, 11) is 0. The van der Waals surface area contributed by atoms with Crippen molar-refractivity contribution in [1.82, 2.24) is 0 Å². The standard InChI is InChI=1S/C10H13NOS/c1-7-6-13-10-3-2-8(5-12-11)4-9(7)10/h2-4,7H,5-6,11H2,1H3. The van der Waals surface area contributed by atoms with Gasteiger partial charge in [0, 0.05) is 10.6 Å². The second-order valence-electron chi connectivity index (χ2n) is 3.40. The molecule has 1 aliphatic heterocycles. The fourth-order valence-electron chi connectivity index (χ4n) is 1.61. The summed E-state index contributed by atoms with van der Waals surface area (Å²) in [5.41, 5.74) is 2.61. The van der Waals surface area contributed by atoms with Gasteiger partial charge in [-0.25, -0.2) is 5.90 Å². The van der Waals surface area contributed by atoms with E-state index in [0.29, 0.717) is 12.5 Å². The van der Waals surface area contributed by atoms with E-state index in [1.807, 2.05) is 11.8 Å². The first-order valence-corrected chi connectivity index (χ1v) is 5.37. The van der Waals surface area contributed by atoms with Crippen LogP contribution in [0.15, 0.2) is 23.1 Å². The molecule has 0 amide bonds. The Labute approximate surface area is 82.4 Å². The van der Waals surface area contributed by atoms with Crippen molar-refractivity contribution >= 4 is 11.8 Å². The first-order valence-electron chi connectivity index (χ1n) is 4.38. The number of hydrogen-bond acceptors (Lipinski definition) is 3. The average Bonchev–Trinajstić information content (AvgIpc) is 2.49. The highest BCUT2D eigenvalue weighted by Crippen LogP contribution is 2.39. The molecule has 2 N–H and O–H groups in total. The van der Waals surface area contributed by atoms with Gasteiger partial charge in [-0.3, -0.25) is 4.84 Å². The van der Waals surface area contributed by atoms with Crippen LogP contribution in [-0.2, 0) is 11.4 Å². The third-order valence-electron chi connectivity index (χ3n) is 2.34. The van der Waals surface area contributed by atoms with E-state index >= 15 is 0 Å². The molecule has 0 radical (unpaired) electrons. The van der Waals surface area contributed by atoms with Crippen molar-refractivity contribution in [3.8, 4) is 0 Å². The van der Waals surface area contributed by atoms with Crippen LogP contribution in [0.5, 0.6) is 0 Å². The van der Waals surface area contributed by atoms with Gasteiger partial charge in [0.2, 0.25) is 0 Å². The van der Waals surface area contributed by atoms with E-state index in [0.717, 1.165) is 5.56 Å². The summed E-state index contributed by atoms with van der Waals surface area (Å²) >= 11 is 1.93. The first kappa shape index (κ1) is 9.06. The minimum atomic E-state index is 0.505. The number of hydrogen-bond donors (Lipinski definition) is 1. The van der Waals surface area contributed by atoms with Gasteiger partial charge in [0.15, 0.2) is 0 Å². The minimum absolute atomic E-state index is 0.505. The molecule has 1 aromatic carbocycles. The van der Waals surface area contributed by atoms with E-state index in [-0.39, 0.29) is 0 Å². The Morgan fingerprint density at radius 3 is 3.23 bits per heavy atom. The molecule has 0 spiro atoms. The topological polar surface area (TPSA) is 35.2 Å². The Bertz CT molecular complexity index is 314. The van der Waals surface area contributed by atoms with Crippen molar-refractivity contribution in [2.45, 2.75) is 24.3 Å². The fourth-order valence-corrected chi connectivity index (χ4v) is 2.81. The minimum Gasteiger partial charge on any atom is -0.300 e. The molecule has 0 aromatic heterocycles. The predicted molar refractivity (Wildman–Crippen MR) is 54.6 cm³/mol. The van der Waals surface area contributed by atoms with E-state index in [4.69, 9.17) is 5.90 Å². The maximum Gasteiger partial charge on any atom is 0.0930 e. The van der Waals surface area contributed by atoms with Crippen molar-refractivity contribution in [3.05, 3.63) is 29.3 Å². The SMILES string of the molecule is CC1CSc2ccc(CON)cc21. The Morgan fingerprint density at radius 2 is 2.46 bits per heavy atom. The van der Waals surface area contributed by atoms with Crippen LogP contribution in [0.1, 0.15) is 24.0 Å². The fraction of sp³-hybridized carbons (Fsp3) is 0.400. The summed E-state index contributed by atoms with van der Waals surface area (Å²) in [6.07, 6.45) is 0. The van der Waals surface area contributed by atoms with Crippen LogP contribution in [0, 0.1) is 0 Å². The number of nitrogens with two attached hydrogens (primary N) is 1. The zero-order valence-electron chi connectivity index (χ0n) is 7.62. The molecule has 0 saturated carbocycles. The van der Waals surface area contributed by atoms with E-state index in [1.165, 1.54) is 16.2 Å². The molecule has 0 fully saturated rings. The molecular weight excluding hydrogens is 182 g/mol. The third kappa shape index (κ3) is 1.73. The molecule has 0 aliphatic carbocycles. The largest absolute Gasteiger partial charge is 0.300 e. The second-order valence-corrected chi connectivity index (χ2v) is 4.46. The molecule has 0 bridgehead atoms. The highest BCUT2D eigenvalue weighted by molar-refractivity contribution is 7.99. The normalized spacial score (nSPS) is 20.3. The summed E-state index contributed by atoms with van der Waals surface area (Å²) in [5.74, 6) is 6.90. The molecule has 3 heteroatoms. The van der Waals surface area contributed by atoms with Crippen LogP contribution in [0.2, 0.25) is 0 Å². The lowest BCUT2D eigenvalue weighted by Gasteiger charge is -2.05. The lowest BCUT2D eigenvalue weighted by molar-refractivity contribution is 0.124. The predicted octanol–water partition coefficient (Wildman–Crippen LogP) is 2.29. The Morgan fingerprint density at radius 1 is 1.62 bits per heavy atom. The second kappa shape index (κ2) is 3.70. The van der Waals surface area contributed by atoms with Gasteiger partial charge in [0.25, 0.3) is 0 Å². The lowest BCUT2D eigenvalue weighted by Crippen LogP contribution is -1.99. The first-order chi connectivity index (χ1) is 6.31. The molecule has 0 saturated heterocycles. The molecule has 1 heterocycles. The quantitative estimate of drug-likeness (QED) is 0.735. The third-order valence-corrected chi connectivity index (χ3v) is 3.69. The van der Waals surface area contributed by atoms with Crippen molar-refractivity contribution < 1.29 is 4.84 Å². The summed E-state index contributed by atoms with van der Waals surface area (Å²) < 4.78 is 0. The molecule has 1 unspecified atom stereocenters. The zero-order valence-corrected chi connectivity index (χ0v) is 8.43. The smallest absolute Gasteiger partial charge is 0.0930 e. The molecule has 1 atom stereocenters. The van der Waals surface area contributed by atoms with Crippen LogP contribution in [0.4, 0.5) is 0 Å². The van der Waals surface area contributed by atoms with Crippen molar-refractivity contribution in [1.29, 1.82) is 0 Å². The van der Waals surface area contributed by atoms with Crippen molar-refractivity contribution in [2.75, 3.05) is 5.75 Å². The maximum atomic E-state index is 5.04. The van der Waals surface area contributed by atoms with Gasteiger partial charge in [0.05, 0.1) is 6.61 Å². The Kier molecular flexibility index (Phi) is 2.58. The van der Waals surface area contributed by atoms with Crippen LogP contribution in [0.3, 0.4) is 0 Å². The maximum absolute atomic E-state index is 5.04. The number of thioether (sulfide) groups is 1. The summed E-state index contributed by atoms with van der Waals surface area (Å²) in [5, 5.41) is 0. The van der Waals surface area contributed by atoms with Gasteiger partial charge in [-0.15, -0.1) is 11.8 Å². The average molecular weight is 195 g/mol. The van der Waals surface area contributed by atoms with E-state index in [9.17, 15) is 0 Å². The van der Waals surface area contributed by atoms with Gasteiger partial charge in [-0.05, 0) is 23.1 Å². The molecular formula is C10H13NOS. The van der Waals surface area contributed by atoms with Gasteiger partial charge in [-0.1, -0.05) is 19.1 Å². The summed E-state index contributed by atoms with van der Waals surface area (Å²) in [4.78, 5) is 6.03. The van der Waals surface area contributed by atoms with Gasteiger partial charge in [-0.2, -0.15) is 0 Å². The van der Waals surface area contributed by atoms with Crippen LogP contribution in [0.25, 0.3) is 0 Å². The van der Waals surface area contributed by atoms with Crippen molar-refractivity contribution in [2.24, 2.45) is 5.90 Å². The Hall–Kier alpha value is -0.510. The molecule has 1 aromatic rings. The lowest BCUT2D eigenvalue weighted by atomic mass is 10.0. The highest BCUT2D eigenvalue weighted by Gasteiger charge is 2.18. The van der Waals surface area contributed by atoms with Gasteiger partial charge in [0.1, 0.15) is 0 Å². The highest BCUT2D eigenvalue weighted by atomic mass is 32.2.